The number of hydrogen-bond donors (Lipinski definition) is 0. The second-order valence-corrected chi connectivity index (χ2v) is 5.65. The molecule has 0 aromatic rings. The van der Waals surface area contributed by atoms with Gasteiger partial charge in [0, 0.05) is 0 Å². The maximum Gasteiger partial charge on any atom is 0.337 e. The zero-order chi connectivity index (χ0) is 15.3. The third kappa shape index (κ3) is 4.81. The zero-order valence-electron chi connectivity index (χ0n) is 12.7. The first-order valence-corrected chi connectivity index (χ1v) is 6.48. The Morgan fingerprint density at radius 1 is 1.25 bits per heavy atom. The second-order valence-electron chi connectivity index (χ2n) is 5.65. The Hall–Kier alpha value is -1.62. The lowest BCUT2D eigenvalue weighted by Crippen LogP contribution is -2.24. The second kappa shape index (κ2) is 6.70. The minimum Gasteiger partial charge on any atom is -0.469 e. The van der Waals surface area contributed by atoms with Crippen LogP contribution in [0, 0.1) is 5.92 Å². The molecule has 112 valence electrons. The van der Waals surface area contributed by atoms with E-state index < -0.39 is 11.9 Å². The van der Waals surface area contributed by atoms with E-state index in [1.807, 2.05) is 20.8 Å². The predicted octanol–water partition coefficient (Wildman–Crippen LogP) is 2.02. The van der Waals surface area contributed by atoms with Gasteiger partial charge in [0.2, 0.25) is 0 Å². The Morgan fingerprint density at radius 2 is 1.90 bits per heavy atom. The Balaban J connectivity index is 2.89. The number of carbonyl (C=O) groups excluding carboxylic acids is 2. The van der Waals surface area contributed by atoms with Gasteiger partial charge in [0.25, 0.3) is 0 Å². The molecule has 0 radical (unpaired) electrons. The number of esters is 2. The fraction of sp³-hybridized carbons (Fsp3) is 0.600. The van der Waals surface area contributed by atoms with Gasteiger partial charge in [0.1, 0.15) is 0 Å². The third-order valence-corrected chi connectivity index (χ3v) is 2.84. The SMILES string of the molecule is COC(=O)C1=CC(C(=O)OC)CC(COC(C)(C)C)=C1. The van der Waals surface area contributed by atoms with Crippen LogP contribution in [0.2, 0.25) is 0 Å². The first-order chi connectivity index (χ1) is 9.26. The van der Waals surface area contributed by atoms with Crippen LogP contribution < -0.4 is 0 Å². The Labute approximate surface area is 119 Å². The molecule has 0 fully saturated rings. The number of hydrogen-bond acceptors (Lipinski definition) is 5. The van der Waals surface area contributed by atoms with Crippen LogP contribution in [-0.4, -0.2) is 38.4 Å². The smallest absolute Gasteiger partial charge is 0.337 e. The lowest BCUT2D eigenvalue weighted by atomic mass is 9.90. The van der Waals surface area contributed by atoms with Crippen LogP contribution in [0.4, 0.5) is 0 Å². The van der Waals surface area contributed by atoms with E-state index in [0.29, 0.717) is 18.6 Å². The molecule has 1 aliphatic carbocycles. The van der Waals surface area contributed by atoms with E-state index in [4.69, 9.17) is 14.2 Å². The number of methoxy groups -OCH3 is 2. The molecule has 1 atom stereocenters. The summed E-state index contributed by atoms with van der Waals surface area (Å²) in [6, 6.07) is 0. The van der Waals surface area contributed by atoms with Crippen molar-refractivity contribution in [1.29, 1.82) is 0 Å². The topological polar surface area (TPSA) is 61.8 Å². The summed E-state index contributed by atoms with van der Waals surface area (Å²) in [6.07, 6.45) is 3.79. The van der Waals surface area contributed by atoms with Crippen molar-refractivity contribution in [2.45, 2.75) is 32.8 Å². The highest BCUT2D eigenvalue weighted by molar-refractivity contribution is 5.93. The first-order valence-electron chi connectivity index (χ1n) is 6.48. The average Bonchev–Trinajstić information content (AvgIpc) is 2.42. The van der Waals surface area contributed by atoms with Crippen LogP contribution in [0.5, 0.6) is 0 Å². The van der Waals surface area contributed by atoms with Gasteiger partial charge >= 0.3 is 11.9 Å². The van der Waals surface area contributed by atoms with Crippen LogP contribution in [0.1, 0.15) is 27.2 Å². The molecule has 0 aromatic heterocycles. The van der Waals surface area contributed by atoms with Crippen molar-refractivity contribution in [1.82, 2.24) is 0 Å². The van der Waals surface area contributed by atoms with Gasteiger partial charge in [0.05, 0.1) is 37.9 Å². The van der Waals surface area contributed by atoms with Gasteiger partial charge in [-0.2, -0.15) is 0 Å². The summed E-state index contributed by atoms with van der Waals surface area (Å²) in [4.78, 5) is 23.3. The van der Waals surface area contributed by atoms with E-state index in [-0.39, 0.29) is 11.6 Å². The fourth-order valence-electron chi connectivity index (χ4n) is 1.84. The third-order valence-electron chi connectivity index (χ3n) is 2.84. The van der Waals surface area contributed by atoms with Gasteiger partial charge in [-0.15, -0.1) is 0 Å². The predicted molar refractivity (Wildman–Crippen MR) is 74.0 cm³/mol. The molecule has 0 amide bonds. The summed E-state index contributed by atoms with van der Waals surface area (Å²) in [6.45, 7) is 6.22. The van der Waals surface area contributed by atoms with Crippen molar-refractivity contribution in [2.75, 3.05) is 20.8 Å². The van der Waals surface area contributed by atoms with Gasteiger partial charge in [-0.1, -0.05) is 6.08 Å². The van der Waals surface area contributed by atoms with Crippen molar-refractivity contribution in [3.05, 3.63) is 23.3 Å². The highest BCUT2D eigenvalue weighted by Crippen LogP contribution is 2.26. The summed E-state index contributed by atoms with van der Waals surface area (Å²) in [7, 11) is 2.64. The number of rotatable bonds is 4. The Kier molecular flexibility index (Phi) is 5.51. The van der Waals surface area contributed by atoms with E-state index in [2.05, 4.69) is 0 Å². The average molecular weight is 282 g/mol. The van der Waals surface area contributed by atoms with Crippen molar-refractivity contribution in [3.63, 3.8) is 0 Å². The van der Waals surface area contributed by atoms with Crippen LogP contribution in [0.3, 0.4) is 0 Å². The molecule has 1 unspecified atom stereocenters. The van der Waals surface area contributed by atoms with Crippen LogP contribution in [-0.2, 0) is 23.8 Å². The summed E-state index contributed by atoms with van der Waals surface area (Å²) in [5.41, 5.74) is 0.952. The Bertz CT molecular complexity index is 440. The molecular weight excluding hydrogens is 260 g/mol. The lowest BCUT2D eigenvalue weighted by Gasteiger charge is -2.24. The van der Waals surface area contributed by atoms with Crippen molar-refractivity contribution < 1.29 is 23.8 Å². The molecule has 0 saturated heterocycles. The van der Waals surface area contributed by atoms with Crippen LogP contribution in [0.15, 0.2) is 23.3 Å². The molecule has 0 heterocycles. The first kappa shape index (κ1) is 16.4. The minimum atomic E-state index is -0.474. The van der Waals surface area contributed by atoms with E-state index in [1.165, 1.54) is 14.2 Å². The maximum absolute atomic E-state index is 11.7. The summed E-state index contributed by atoms with van der Waals surface area (Å²) in [5.74, 6) is -1.31. The quantitative estimate of drug-likeness (QED) is 0.738. The Morgan fingerprint density at radius 3 is 2.40 bits per heavy atom. The van der Waals surface area contributed by atoms with Gasteiger partial charge < -0.3 is 14.2 Å². The summed E-state index contributed by atoms with van der Waals surface area (Å²) < 4.78 is 15.1. The zero-order valence-corrected chi connectivity index (χ0v) is 12.7. The summed E-state index contributed by atoms with van der Waals surface area (Å²) in [5, 5.41) is 0. The van der Waals surface area contributed by atoms with Crippen molar-refractivity contribution in [2.24, 2.45) is 5.92 Å². The maximum atomic E-state index is 11.7. The van der Waals surface area contributed by atoms with Gasteiger partial charge in [-0.25, -0.2) is 4.79 Å². The van der Waals surface area contributed by atoms with E-state index in [0.717, 1.165) is 5.57 Å². The van der Waals surface area contributed by atoms with E-state index in [1.54, 1.807) is 12.2 Å². The minimum absolute atomic E-state index is 0.284. The molecule has 0 aromatic carbocycles. The van der Waals surface area contributed by atoms with Gasteiger partial charge in [0.15, 0.2) is 0 Å². The molecule has 0 aliphatic heterocycles. The standard InChI is InChI=1S/C15H22O5/c1-15(2,3)20-9-10-6-11(13(16)18-4)8-12(7-10)14(17)19-5/h6,8,12H,7,9H2,1-5H3. The van der Waals surface area contributed by atoms with Gasteiger partial charge in [-0.3, -0.25) is 4.79 Å². The molecule has 0 spiro atoms. The molecule has 0 saturated carbocycles. The monoisotopic (exact) mass is 282 g/mol. The van der Waals surface area contributed by atoms with Crippen LogP contribution in [0.25, 0.3) is 0 Å². The molecule has 0 bridgehead atoms. The van der Waals surface area contributed by atoms with Crippen LogP contribution >= 0.6 is 0 Å². The highest BCUT2D eigenvalue weighted by Gasteiger charge is 2.26. The largest absolute Gasteiger partial charge is 0.469 e. The van der Waals surface area contributed by atoms with E-state index in [9.17, 15) is 9.59 Å². The fourth-order valence-corrected chi connectivity index (χ4v) is 1.84. The molecule has 20 heavy (non-hydrogen) atoms. The lowest BCUT2D eigenvalue weighted by molar-refractivity contribution is -0.143. The molecule has 5 heteroatoms. The van der Waals surface area contributed by atoms with Crippen molar-refractivity contribution in [3.8, 4) is 0 Å². The summed E-state index contributed by atoms with van der Waals surface area (Å²) >= 11 is 0. The molecule has 0 N–H and O–H groups in total. The normalized spacial score (nSPS) is 18.9. The molecule has 5 nitrogen and oxygen atoms in total. The molecular formula is C15H22O5. The molecule has 1 rings (SSSR count). The molecule has 1 aliphatic rings. The number of ether oxygens (including phenoxy) is 3. The van der Waals surface area contributed by atoms with Gasteiger partial charge in [-0.05, 0) is 38.8 Å². The highest BCUT2D eigenvalue weighted by atomic mass is 16.5. The van der Waals surface area contributed by atoms with E-state index >= 15 is 0 Å². The number of carbonyl (C=O) groups is 2. The van der Waals surface area contributed by atoms with Crippen molar-refractivity contribution >= 4 is 11.9 Å².